The highest BCUT2D eigenvalue weighted by molar-refractivity contribution is 5.35. The van der Waals surface area contributed by atoms with E-state index in [9.17, 15) is 5.11 Å². The molecule has 1 aromatic rings. The average Bonchev–Trinajstić information content (AvgIpc) is 2.88. The lowest BCUT2D eigenvalue weighted by Gasteiger charge is -2.41. The number of fused-ring (bicyclic) bond motifs is 2. The van der Waals surface area contributed by atoms with Crippen molar-refractivity contribution in [2.24, 2.45) is 0 Å². The summed E-state index contributed by atoms with van der Waals surface area (Å²) in [5.74, 6) is 1.04. The van der Waals surface area contributed by atoms with E-state index in [-0.39, 0.29) is 0 Å². The van der Waals surface area contributed by atoms with Crippen LogP contribution in [0.25, 0.3) is 0 Å². The van der Waals surface area contributed by atoms with Crippen LogP contribution in [0.4, 0.5) is 0 Å². The van der Waals surface area contributed by atoms with Gasteiger partial charge in [0, 0.05) is 31.2 Å². The summed E-state index contributed by atoms with van der Waals surface area (Å²) < 4.78 is 0. The first-order valence-corrected chi connectivity index (χ1v) is 10.5. The molecule has 2 heterocycles. The molecule has 138 valence electrons. The maximum absolute atomic E-state index is 10.2. The molecule has 2 unspecified atom stereocenters. The first-order valence-electron chi connectivity index (χ1n) is 10.5. The van der Waals surface area contributed by atoms with E-state index in [1.165, 1.54) is 76.4 Å². The van der Waals surface area contributed by atoms with Gasteiger partial charge in [0.25, 0.3) is 0 Å². The molecule has 2 aliphatic heterocycles. The minimum atomic E-state index is 0.498. The molecule has 2 bridgehead atoms. The van der Waals surface area contributed by atoms with Crippen molar-refractivity contribution in [3.63, 3.8) is 0 Å². The van der Waals surface area contributed by atoms with Gasteiger partial charge in [0.2, 0.25) is 0 Å². The molecule has 25 heavy (non-hydrogen) atoms. The quantitative estimate of drug-likeness (QED) is 0.861. The summed E-state index contributed by atoms with van der Waals surface area (Å²) in [5, 5.41) is 10.2. The largest absolute Gasteiger partial charge is 0.508 e. The van der Waals surface area contributed by atoms with E-state index in [0.717, 1.165) is 18.1 Å². The maximum atomic E-state index is 10.2. The predicted octanol–water partition coefficient (Wildman–Crippen LogP) is 4.37. The Morgan fingerprint density at radius 3 is 2.36 bits per heavy atom. The summed E-state index contributed by atoms with van der Waals surface area (Å²) >= 11 is 0. The van der Waals surface area contributed by atoms with E-state index in [1.54, 1.807) is 0 Å². The lowest BCUT2D eigenvalue weighted by molar-refractivity contribution is 0.0968. The van der Waals surface area contributed by atoms with E-state index >= 15 is 0 Å². The number of nitrogens with zero attached hydrogens (tertiary/aromatic N) is 2. The molecule has 3 aliphatic rings. The monoisotopic (exact) mass is 342 g/mol. The number of benzene rings is 1. The van der Waals surface area contributed by atoms with E-state index in [0.29, 0.717) is 11.7 Å². The van der Waals surface area contributed by atoms with Crippen LogP contribution in [-0.2, 0) is 0 Å². The highest BCUT2D eigenvalue weighted by atomic mass is 16.3. The van der Waals surface area contributed by atoms with Crippen molar-refractivity contribution >= 4 is 0 Å². The zero-order chi connectivity index (χ0) is 17.2. The van der Waals surface area contributed by atoms with Gasteiger partial charge in [-0.2, -0.15) is 0 Å². The van der Waals surface area contributed by atoms with E-state index in [4.69, 9.17) is 0 Å². The minimum Gasteiger partial charge on any atom is -0.508 e. The van der Waals surface area contributed by atoms with Crippen LogP contribution in [0.2, 0.25) is 0 Å². The smallest absolute Gasteiger partial charge is 0.119 e. The summed E-state index contributed by atoms with van der Waals surface area (Å²) in [6.07, 6.45) is 12.2. The number of likely N-dealkylation sites (N-methyl/N-ethyl adjacent to an activating group) is 1. The summed E-state index contributed by atoms with van der Waals surface area (Å²) in [6, 6.07) is 10.3. The molecule has 4 rings (SSSR count). The molecule has 1 N–H and O–H groups in total. The van der Waals surface area contributed by atoms with Gasteiger partial charge in [-0.3, -0.25) is 4.90 Å². The number of piperidine rings is 1. The Balaban J connectivity index is 1.34. The fourth-order valence-electron chi connectivity index (χ4n) is 5.70. The van der Waals surface area contributed by atoms with Gasteiger partial charge >= 0.3 is 0 Å². The number of phenols is 1. The van der Waals surface area contributed by atoms with Gasteiger partial charge < -0.3 is 10.0 Å². The number of hydrogen-bond donors (Lipinski definition) is 1. The van der Waals surface area contributed by atoms with Crippen molar-refractivity contribution in [1.82, 2.24) is 9.80 Å². The maximum Gasteiger partial charge on any atom is 0.119 e. The standard InChI is InChI=1S/C22H34N2O/c1-23(18-7-3-2-4-8-18)13-14-24-19-11-12-20(24)16-17(15-19)21-9-5-6-10-22(21)25/h5-6,9-10,17-20,25H,2-4,7-8,11-16H2,1H3. The van der Waals surface area contributed by atoms with Gasteiger partial charge in [0.1, 0.15) is 5.75 Å². The van der Waals surface area contributed by atoms with Crippen LogP contribution in [-0.4, -0.2) is 53.2 Å². The first kappa shape index (κ1) is 17.4. The molecule has 3 heteroatoms. The molecule has 2 saturated heterocycles. The van der Waals surface area contributed by atoms with Crippen LogP contribution >= 0.6 is 0 Å². The van der Waals surface area contributed by atoms with E-state index in [1.807, 2.05) is 12.1 Å². The van der Waals surface area contributed by atoms with Crippen LogP contribution in [0.1, 0.15) is 69.3 Å². The molecule has 0 aromatic heterocycles. The van der Waals surface area contributed by atoms with Crippen molar-refractivity contribution in [2.75, 3.05) is 20.1 Å². The van der Waals surface area contributed by atoms with Crippen molar-refractivity contribution in [1.29, 1.82) is 0 Å². The first-order chi connectivity index (χ1) is 12.2. The molecular weight excluding hydrogens is 308 g/mol. The Bertz CT molecular complexity index is 555. The Morgan fingerprint density at radius 1 is 1.00 bits per heavy atom. The Morgan fingerprint density at radius 2 is 1.68 bits per heavy atom. The lowest BCUT2D eigenvalue weighted by atomic mass is 9.84. The Labute approximate surface area is 153 Å². The van der Waals surface area contributed by atoms with Gasteiger partial charge in [-0.1, -0.05) is 37.5 Å². The van der Waals surface area contributed by atoms with Gasteiger partial charge in [0.15, 0.2) is 0 Å². The van der Waals surface area contributed by atoms with Gasteiger partial charge in [-0.25, -0.2) is 0 Å². The number of para-hydroxylation sites is 1. The number of phenolic OH excluding ortho intramolecular Hbond substituents is 1. The minimum absolute atomic E-state index is 0.498. The summed E-state index contributed by atoms with van der Waals surface area (Å²) in [6.45, 7) is 2.45. The molecular formula is C22H34N2O. The van der Waals surface area contributed by atoms with Crippen LogP contribution < -0.4 is 0 Å². The Hall–Kier alpha value is -1.06. The molecule has 2 atom stereocenters. The van der Waals surface area contributed by atoms with Crippen molar-refractivity contribution in [3.05, 3.63) is 29.8 Å². The summed E-state index contributed by atoms with van der Waals surface area (Å²) in [4.78, 5) is 5.43. The van der Waals surface area contributed by atoms with Crippen LogP contribution in [0.15, 0.2) is 24.3 Å². The predicted molar refractivity (Wildman–Crippen MR) is 103 cm³/mol. The zero-order valence-corrected chi connectivity index (χ0v) is 15.7. The van der Waals surface area contributed by atoms with E-state index < -0.39 is 0 Å². The van der Waals surface area contributed by atoms with Crippen molar-refractivity contribution in [3.8, 4) is 5.75 Å². The highest BCUT2D eigenvalue weighted by Gasteiger charge is 2.41. The van der Waals surface area contributed by atoms with Gasteiger partial charge in [-0.05, 0) is 63.1 Å². The highest BCUT2D eigenvalue weighted by Crippen LogP contribution is 2.44. The van der Waals surface area contributed by atoms with Crippen molar-refractivity contribution in [2.45, 2.75) is 81.8 Å². The molecule has 0 radical (unpaired) electrons. The molecule has 3 nitrogen and oxygen atoms in total. The van der Waals surface area contributed by atoms with Crippen LogP contribution in [0.3, 0.4) is 0 Å². The Kier molecular flexibility index (Phi) is 5.33. The van der Waals surface area contributed by atoms with Crippen LogP contribution in [0.5, 0.6) is 5.75 Å². The second-order valence-electron chi connectivity index (χ2n) is 8.62. The molecule has 1 aromatic carbocycles. The van der Waals surface area contributed by atoms with Crippen molar-refractivity contribution < 1.29 is 5.11 Å². The van der Waals surface area contributed by atoms with Crippen LogP contribution in [0, 0.1) is 0 Å². The second kappa shape index (κ2) is 7.67. The van der Waals surface area contributed by atoms with E-state index in [2.05, 4.69) is 29.0 Å². The topological polar surface area (TPSA) is 26.7 Å². The molecule has 0 spiro atoms. The second-order valence-corrected chi connectivity index (χ2v) is 8.62. The average molecular weight is 343 g/mol. The summed E-state index contributed by atoms with van der Waals surface area (Å²) in [7, 11) is 2.34. The number of rotatable bonds is 5. The summed E-state index contributed by atoms with van der Waals surface area (Å²) in [5.41, 5.74) is 1.18. The fraction of sp³-hybridized carbons (Fsp3) is 0.727. The number of hydrogen-bond acceptors (Lipinski definition) is 3. The lowest BCUT2D eigenvalue weighted by Crippen LogP contribution is -2.47. The number of aromatic hydroxyl groups is 1. The normalized spacial score (nSPS) is 30.9. The van der Waals surface area contributed by atoms with Gasteiger partial charge in [0.05, 0.1) is 0 Å². The zero-order valence-electron chi connectivity index (χ0n) is 15.7. The molecule has 1 aliphatic carbocycles. The fourth-order valence-corrected chi connectivity index (χ4v) is 5.70. The third-order valence-corrected chi connectivity index (χ3v) is 7.17. The third-order valence-electron chi connectivity index (χ3n) is 7.17. The SMILES string of the molecule is CN(CCN1C2CCC1CC(c1ccccc1O)C2)C1CCCCC1. The molecule has 3 fully saturated rings. The molecule has 1 saturated carbocycles. The molecule has 0 amide bonds. The third kappa shape index (κ3) is 3.73. The van der Waals surface area contributed by atoms with Gasteiger partial charge in [-0.15, -0.1) is 0 Å².